The number of carbonyl (C=O) groups excluding carboxylic acids is 2. The summed E-state index contributed by atoms with van der Waals surface area (Å²) in [6.45, 7) is 0.173. The number of ether oxygens (including phenoxy) is 1. The van der Waals surface area contributed by atoms with Gasteiger partial charge < -0.3 is 4.74 Å². The van der Waals surface area contributed by atoms with Crippen molar-refractivity contribution in [2.45, 2.75) is 31.9 Å². The number of aldehydes is 1. The number of alkyl halides is 1. The van der Waals surface area contributed by atoms with Crippen molar-refractivity contribution in [3.8, 4) is 0 Å². The lowest BCUT2D eigenvalue weighted by molar-refractivity contribution is -0.105. The van der Waals surface area contributed by atoms with Gasteiger partial charge in [0.2, 0.25) is 0 Å². The summed E-state index contributed by atoms with van der Waals surface area (Å²) < 4.78 is 5.36. The van der Waals surface area contributed by atoms with Crippen molar-refractivity contribution in [1.82, 2.24) is 4.90 Å². The van der Waals surface area contributed by atoms with E-state index in [1.165, 1.54) is 11.0 Å². The van der Waals surface area contributed by atoms with Crippen LogP contribution in [0.3, 0.4) is 0 Å². The van der Waals surface area contributed by atoms with E-state index in [0.29, 0.717) is 29.2 Å². The Balaban J connectivity index is 2.06. The molecule has 1 unspecified atom stereocenters. The summed E-state index contributed by atoms with van der Waals surface area (Å²) in [5, 5.41) is 0.355. The van der Waals surface area contributed by atoms with Crippen LogP contribution in [0.2, 0.25) is 0 Å². The molecule has 0 N–H and O–H groups in total. The van der Waals surface area contributed by atoms with Crippen LogP contribution < -0.4 is 0 Å². The molecule has 0 saturated carbocycles. The lowest BCUT2D eigenvalue weighted by atomic mass is 9.98. The van der Waals surface area contributed by atoms with Crippen molar-refractivity contribution in [1.29, 1.82) is 0 Å². The van der Waals surface area contributed by atoms with Crippen LogP contribution in [0.5, 0.6) is 0 Å². The molecule has 1 amide bonds. The average molecular weight is 368 g/mol. The Morgan fingerprint density at radius 3 is 2.67 bits per heavy atom. The van der Waals surface area contributed by atoms with E-state index in [0.717, 1.165) is 18.4 Å². The van der Waals surface area contributed by atoms with Gasteiger partial charge in [-0.15, -0.1) is 11.6 Å². The molecule has 0 aromatic heterocycles. The molecule has 4 nitrogen and oxygen atoms in total. The number of hydrogen-bond donors (Lipinski definition) is 0. The van der Waals surface area contributed by atoms with Crippen LogP contribution in [-0.4, -0.2) is 29.2 Å². The first-order chi connectivity index (χ1) is 11.7. The summed E-state index contributed by atoms with van der Waals surface area (Å²) in [4.78, 5) is 25.2. The SMILES string of the molecule is O=CC1=C(Cl)C=CN(C(=O)OCc2ccccc2)C1CCCCCl. The monoisotopic (exact) mass is 367 g/mol. The highest BCUT2D eigenvalue weighted by Crippen LogP contribution is 2.27. The maximum atomic E-state index is 12.4. The largest absolute Gasteiger partial charge is 0.444 e. The standard InChI is InChI=1S/C18H19Cl2NO3/c19-10-5-4-8-17-15(12-22)16(20)9-11-21(17)18(23)24-13-14-6-2-1-3-7-14/h1-3,6-7,9,11-12,17H,4-5,8,10,13H2. The Labute approximate surface area is 151 Å². The minimum Gasteiger partial charge on any atom is -0.444 e. The lowest BCUT2D eigenvalue weighted by Crippen LogP contribution is -2.40. The van der Waals surface area contributed by atoms with Crippen molar-refractivity contribution in [3.05, 3.63) is 58.8 Å². The number of hydrogen-bond acceptors (Lipinski definition) is 3. The molecule has 0 radical (unpaired) electrons. The molecule has 1 heterocycles. The third-order valence-corrected chi connectivity index (χ3v) is 4.37. The van der Waals surface area contributed by atoms with Gasteiger partial charge >= 0.3 is 6.09 Å². The molecule has 0 aliphatic carbocycles. The predicted octanol–water partition coefficient (Wildman–Crippen LogP) is 4.62. The molecule has 24 heavy (non-hydrogen) atoms. The Bertz CT molecular complexity index is 628. The van der Waals surface area contributed by atoms with Crippen LogP contribution in [0.4, 0.5) is 4.79 Å². The molecule has 0 bridgehead atoms. The van der Waals surface area contributed by atoms with Gasteiger partial charge in [0.05, 0.1) is 11.1 Å². The van der Waals surface area contributed by atoms with E-state index in [1.54, 1.807) is 6.20 Å². The lowest BCUT2D eigenvalue weighted by Gasteiger charge is -2.31. The van der Waals surface area contributed by atoms with E-state index >= 15 is 0 Å². The molecule has 128 valence electrons. The smallest absolute Gasteiger partial charge is 0.414 e. The molecule has 2 rings (SSSR count). The summed E-state index contributed by atoms with van der Waals surface area (Å²) in [7, 11) is 0. The van der Waals surface area contributed by atoms with Crippen LogP contribution in [0.25, 0.3) is 0 Å². The third kappa shape index (κ3) is 4.86. The zero-order chi connectivity index (χ0) is 17.4. The minimum absolute atomic E-state index is 0.173. The van der Waals surface area contributed by atoms with E-state index in [2.05, 4.69) is 0 Å². The fraction of sp³-hybridized carbons (Fsp3) is 0.333. The molecule has 1 atom stereocenters. The van der Waals surface area contributed by atoms with Crippen molar-refractivity contribution < 1.29 is 14.3 Å². The number of amides is 1. The van der Waals surface area contributed by atoms with E-state index in [-0.39, 0.29) is 6.61 Å². The summed E-state index contributed by atoms with van der Waals surface area (Å²) >= 11 is 11.8. The zero-order valence-corrected chi connectivity index (χ0v) is 14.7. The quantitative estimate of drug-likeness (QED) is 0.401. The van der Waals surface area contributed by atoms with Crippen molar-refractivity contribution in [2.24, 2.45) is 0 Å². The molecular formula is C18H19Cl2NO3. The summed E-state index contributed by atoms with van der Waals surface area (Å²) in [6, 6.07) is 8.99. The fourth-order valence-electron chi connectivity index (χ4n) is 2.50. The van der Waals surface area contributed by atoms with E-state index < -0.39 is 12.1 Å². The van der Waals surface area contributed by atoms with Gasteiger partial charge in [-0.25, -0.2) is 4.79 Å². The topological polar surface area (TPSA) is 46.6 Å². The van der Waals surface area contributed by atoms with Gasteiger partial charge in [-0.2, -0.15) is 0 Å². The molecule has 0 spiro atoms. The van der Waals surface area contributed by atoms with Gasteiger partial charge in [-0.05, 0) is 30.9 Å². The Morgan fingerprint density at radius 2 is 2.00 bits per heavy atom. The maximum Gasteiger partial charge on any atom is 0.414 e. The number of rotatable bonds is 7. The van der Waals surface area contributed by atoms with Gasteiger partial charge in [-0.3, -0.25) is 9.69 Å². The Hall–Kier alpha value is -1.78. The van der Waals surface area contributed by atoms with E-state index in [1.807, 2.05) is 30.3 Å². The molecule has 1 aromatic carbocycles. The number of halogens is 2. The first-order valence-electron chi connectivity index (χ1n) is 7.75. The number of benzene rings is 1. The van der Waals surface area contributed by atoms with Crippen molar-refractivity contribution in [2.75, 3.05) is 5.88 Å². The van der Waals surface area contributed by atoms with Gasteiger partial charge in [0.1, 0.15) is 12.9 Å². The van der Waals surface area contributed by atoms with Crippen LogP contribution >= 0.6 is 23.2 Å². The zero-order valence-electron chi connectivity index (χ0n) is 13.2. The Kier molecular flexibility index (Phi) is 7.35. The molecule has 6 heteroatoms. The fourth-order valence-corrected chi connectivity index (χ4v) is 2.91. The van der Waals surface area contributed by atoms with Crippen molar-refractivity contribution in [3.63, 3.8) is 0 Å². The normalized spacial score (nSPS) is 17.1. The van der Waals surface area contributed by atoms with Crippen LogP contribution in [0.1, 0.15) is 24.8 Å². The predicted molar refractivity (Wildman–Crippen MR) is 94.9 cm³/mol. The molecule has 1 aromatic rings. The van der Waals surface area contributed by atoms with Crippen LogP contribution in [0.15, 0.2) is 53.2 Å². The molecule has 0 fully saturated rings. The number of allylic oxidation sites excluding steroid dienone is 2. The van der Waals surface area contributed by atoms with Gasteiger partial charge in [0.25, 0.3) is 0 Å². The summed E-state index contributed by atoms with van der Waals surface area (Å²) in [6.07, 6.45) is 5.48. The second-order valence-corrected chi connectivity index (χ2v) is 6.17. The number of unbranched alkanes of at least 4 members (excludes halogenated alkanes) is 1. The van der Waals surface area contributed by atoms with Crippen LogP contribution in [0, 0.1) is 0 Å². The summed E-state index contributed by atoms with van der Waals surface area (Å²) in [5.41, 5.74) is 1.29. The molecule has 1 aliphatic rings. The molecular weight excluding hydrogens is 349 g/mol. The maximum absolute atomic E-state index is 12.4. The average Bonchev–Trinajstić information content (AvgIpc) is 2.61. The van der Waals surface area contributed by atoms with E-state index in [4.69, 9.17) is 27.9 Å². The second-order valence-electron chi connectivity index (χ2n) is 5.38. The molecule has 1 aliphatic heterocycles. The summed E-state index contributed by atoms with van der Waals surface area (Å²) in [5.74, 6) is 0.537. The first kappa shape index (κ1) is 18.6. The number of nitrogens with zero attached hydrogens (tertiary/aromatic N) is 1. The second kappa shape index (κ2) is 9.50. The van der Waals surface area contributed by atoms with Gasteiger partial charge in [0.15, 0.2) is 0 Å². The number of carbonyl (C=O) groups is 2. The highest BCUT2D eigenvalue weighted by molar-refractivity contribution is 6.33. The Morgan fingerprint density at radius 1 is 1.25 bits per heavy atom. The van der Waals surface area contributed by atoms with Gasteiger partial charge in [-0.1, -0.05) is 41.9 Å². The first-order valence-corrected chi connectivity index (χ1v) is 8.66. The third-order valence-electron chi connectivity index (χ3n) is 3.76. The minimum atomic E-state index is -0.505. The highest BCUT2D eigenvalue weighted by Gasteiger charge is 2.30. The highest BCUT2D eigenvalue weighted by atomic mass is 35.5. The molecule has 0 saturated heterocycles. The van der Waals surface area contributed by atoms with Gasteiger partial charge in [0, 0.05) is 17.7 Å². The van der Waals surface area contributed by atoms with Crippen LogP contribution in [-0.2, 0) is 16.1 Å². The van der Waals surface area contributed by atoms with Crippen molar-refractivity contribution >= 4 is 35.6 Å². The van der Waals surface area contributed by atoms with E-state index in [9.17, 15) is 9.59 Å².